The minimum absolute atomic E-state index is 0.00373. The van der Waals surface area contributed by atoms with Crippen molar-refractivity contribution in [2.45, 2.75) is 31.9 Å². The lowest BCUT2D eigenvalue weighted by Crippen LogP contribution is -2.27. The Morgan fingerprint density at radius 2 is 1.88 bits per heavy atom. The van der Waals surface area contributed by atoms with Crippen molar-refractivity contribution in [3.63, 3.8) is 0 Å². The van der Waals surface area contributed by atoms with Crippen LogP contribution >= 0.6 is 0 Å². The number of rotatable bonds is 1. The zero-order chi connectivity index (χ0) is 23.7. The Morgan fingerprint density at radius 3 is 2.65 bits per heavy atom. The van der Waals surface area contributed by atoms with Crippen molar-refractivity contribution in [3.05, 3.63) is 59.4 Å². The maximum Gasteiger partial charge on any atom is 0.405 e. The fourth-order valence-corrected chi connectivity index (χ4v) is 4.53. The van der Waals surface area contributed by atoms with E-state index in [1.807, 2.05) is 0 Å². The van der Waals surface area contributed by atoms with Crippen LogP contribution in [0.5, 0.6) is 0 Å². The maximum absolute atomic E-state index is 15.0. The van der Waals surface area contributed by atoms with Crippen molar-refractivity contribution in [2.24, 2.45) is 5.41 Å². The number of nitrogens with zero attached hydrogens (tertiary/aromatic N) is 5. The predicted molar refractivity (Wildman–Crippen MR) is 115 cm³/mol. The first-order valence-corrected chi connectivity index (χ1v) is 10.8. The Bertz CT molecular complexity index is 1520. The van der Waals surface area contributed by atoms with Gasteiger partial charge in [0.2, 0.25) is 0 Å². The summed E-state index contributed by atoms with van der Waals surface area (Å²) in [6, 6.07) is 7.65. The van der Waals surface area contributed by atoms with Gasteiger partial charge in [0, 0.05) is 17.8 Å². The molecule has 2 aromatic carbocycles. The minimum atomic E-state index is -4.36. The summed E-state index contributed by atoms with van der Waals surface area (Å²) in [6.45, 7) is 0.457. The van der Waals surface area contributed by atoms with Gasteiger partial charge in [0.1, 0.15) is 17.6 Å². The van der Waals surface area contributed by atoms with Crippen LogP contribution in [0.4, 0.5) is 33.5 Å². The number of alkyl halides is 3. The summed E-state index contributed by atoms with van der Waals surface area (Å²) < 4.78 is 70.8. The van der Waals surface area contributed by atoms with Gasteiger partial charge in [0.15, 0.2) is 11.6 Å². The number of hydrogen-bond donors (Lipinski definition) is 0. The summed E-state index contributed by atoms with van der Waals surface area (Å²) in [5.74, 6) is 3.56. The van der Waals surface area contributed by atoms with Crippen LogP contribution in [0.1, 0.15) is 30.4 Å². The molecule has 0 unspecified atom stereocenters. The van der Waals surface area contributed by atoms with Crippen LogP contribution in [-0.2, 0) is 6.42 Å². The molecule has 2 aliphatic rings. The first-order chi connectivity index (χ1) is 16.3. The SMILES string of the molecule is Fc1ccc2c(c(N3CCCc4c(C#CC5(C(F)(F)F)CC5)cccc43)nc3nncn32)c1F. The van der Waals surface area contributed by atoms with E-state index in [4.69, 9.17) is 0 Å². The lowest BCUT2D eigenvalue weighted by atomic mass is 9.95. The van der Waals surface area contributed by atoms with Gasteiger partial charge in [-0.2, -0.15) is 18.2 Å². The smallest absolute Gasteiger partial charge is 0.325 e. The maximum atomic E-state index is 15.0. The van der Waals surface area contributed by atoms with Crippen molar-refractivity contribution in [3.8, 4) is 11.8 Å². The topological polar surface area (TPSA) is 46.3 Å². The van der Waals surface area contributed by atoms with Crippen molar-refractivity contribution in [2.75, 3.05) is 11.4 Å². The summed E-state index contributed by atoms with van der Waals surface area (Å²) in [5, 5.41) is 7.77. The Hall–Kier alpha value is -3.74. The number of hydrogen-bond acceptors (Lipinski definition) is 4. The van der Waals surface area contributed by atoms with Crippen molar-refractivity contribution >= 4 is 28.2 Å². The van der Waals surface area contributed by atoms with E-state index < -0.39 is 23.2 Å². The summed E-state index contributed by atoms with van der Waals surface area (Å²) in [6.07, 6.45) is -1.75. The largest absolute Gasteiger partial charge is 0.405 e. The molecule has 0 spiro atoms. The Kier molecular flexibility index (Phi) is 4.37. The third-order valence-corrected chi connectivity index (χ3v) is 6.53. The first kappa shape index (κ1) is 20.8. The molecule has 5 nitrogen and oxygen atoms in total. The van der Waals surface area contributed by atoms with Gasteiger partial charge in [0.25, 0.3) is 5.78 Å². The average Bonchev–Trinajstić information content (AvgIpc) is 3.48. The van der Waals surface area contributed by atoms with Crippen LogP contribution in [0.25, 0.3) is 16.7 Å². The number of aromatic nitrogens is 4. The van der Waals surface area contributed by atoms with E-state index in [-0.39, 0.29) is 29.8 Å². The highest BCUT2D eigenvalue weighted by molar-refractivity contribution is 5.94. The first-order valence-electron chi connectivity index (χ1n) is 10.8. The highest BCUT2D eigenvalue weighted by Gasteiger charge is 2.62. The fraction of sp³-hybridized carbons (Fsp3) is 0.292. The van der Waals surface area contributed by atoms with Crippen molar-refractivity contribution in [1.29, 1.82) is 0 Å². The summed E-state index contributed by atoms with van der Waals surface area (Å²) in [4.78, 5) is 6.22. The second kappa shape index (κ2) is 7.13. The third-order valence-electron chi connectivity index (χ3n) is 6.53. The van der Waals surface area contributed by atoms with Gasteiger partial charge in [-0.15, -0.1) is 10.2 Å². The lowest BCUT2D eigenvalue weighted by molar-refractivity contribution is -0.168. The molecule has 4 aromatic rings. The molecule has 0 N–H and O–H groups in total. The van der Waals surface area contributed by atoms with E-state index in [1.165, 1.54) is 16.8 Å². The van der Waals surface area contributed by atoms with Gasteiger partial charge in [-0.3, -0.25) is 4.40 Å². The van der Waals surface area contributed by atoms with Gasteiger partial charge < -0.3 is 4.90 Å². The second-order valence-corrected chi connectivity index (χ2v) is 8.58. The monoisotopic (exact) mass is 469 g/mol. The normalized spacial score (nSPS) is 16.9. The van der Waals surface area contributed by atoms with Crippen LogP contribution in [-0.4, -0.2) is 32.3 Å². The molecular weight excluding hydrogens is 453 g/mol. The van der Waals surface area contributed by atoms with Gasteiger partial charge in [0.05, 0.1) is 10.9 Å². The summed E-state index contributed by atoms with van der Waals surface area (Å²) >= 11 is 0. The van der Waals surface area contributed by atoms with Crippen molar-refractivity contribution < 1.29 is 22.0 Å². The van der Waals surface area contributed by atoms with E-state index in [0.29, 0.717) is 36.2 Å². The molecule has 6 rings (SSSR count). The average molecular weight is 469 g/mol. The van der Waals surface area contributed by atoms with Gasteiger partial charge in [-0.05, 0) is 55.5 Å². The lowest BCUT2D eigenvalue weighted by Gasteiger charge is -2.32. The quantitative estimate of drug-likeness (QED) is 0.279. The number of halogens is 5. The van der Waals surface area contributed by atoms with E-state index in [1.54, 1.807) is 23.1 Å². The molecule has 2 aromatic heterocycles. The molecule has 10 heteroatoms. The third kappa shape index (κ3) is 3.03. The zero-order valence-corrected chi connectivity index (χ0v) is 17.6. The van der Waals surface area contributed by atoms with E-state index in [2.05, 4.69) is 27.0 Å². The molecule has 0 bridgehead atoms. The Morgan fingerprint density at radius 1 is 1.06 bits per heavy atom. The van der Waals surface area contributed by atoms with Gasteiger partial charge in [-0.1, -0.05) is 17.9 Å². The molecule has 0 atom stereocenters. The molecule has 1 saturated carbocycles. The van der Waals surface area contributed by atoms with Crippen LogP contribution in [0, 0.1) is 28.9 Å². The highest BCUT2D eigenvalue weighted by atomic mass is 19.4. The van der Waals surface area contributed by atoms with E-state index in [0.717, 1.165) is 11.6 Å². The number of anilines is 2. The molecule has 1 aliphatic carbocycles. The molecule has 3 heterocycles. The molecule has 0 radical (unpaired) electrons. The highest BCUT2D eigenvalue weighted by Crippen LogP contribution is 2.57. The van der Waals surface area contributed by atoms with Crippen LogP contribution in [0.3, 0.4) is 0 Å². The van der Waals surface area contributed by atoms with Crippen LogP contribution in [0.15, 0.2) is 36.7 Å². The van der Waals surface area contributed by atoms with Gasteiger partial charge >= 0.3 is 6.18 Å². The van der Waals surface area contributed by atoms with Crippen LogP contribution < -0.4 is 4.90 Å². The molecule has 1 fully saturated rings. The van der Waals surface area contributed by atoms with E-state index >= 15 is 4.39 Å². The molecular formula is C24H16F5N5. The van der Waals surface area contributed by atoms with E-state index in [9.17, 15) is 17.6 Å². The predicted octanol–water partition coefficient (Wildman–Crippen LogP) is 5.33. The van der Waals surface area contributed by atoms with Gasteiger partial charge in [-0.25, -0.2) is 8.78 Å². The summed E-state index contributed by atoms with van der Waals surface area (Å²) in [7, 11) is 0. The minimum Gasteiger partial charge on any atom is -0.325 e. The number of benzene rings is 2. The summed E-state index contributed by atoms with van der Waals surface area (Å²) in [5.41, 5.74) is 0.329. The Balaban J connectivity index is 1.53. The van der Waals surface area contributed by atoms with Crippen LogP contribution in [0.2, 0.25) is 0 Å². The fourth-order valence-electron chi connectivity index (χ4n) is 4.53. The molecule has 0 saturated heterocycles. The zero-order valence-electron chi connectivity index (χ0n) is 17.6. The Labute approximate surface area is 190 Å². The molecule has 172 valence electrons. The number of fused-ring (bicyclic) bond motifs is 4. The molecule has 34 heavy (non-hydrogen) atoms. The van der Waals surface area contributed by atoms with Crippen molar-refractivity contribution in [1.82, 2.24) is 19.6 Å². The molecule has 0 amide bonds. The molecule has 1 aliphatic heterocycles. The second-order valence-electron chi connectivity index (χ2n) is 8.58. The standard InChI is InChI=1S/C24H16F5N5/c25-16-6-7-18-19(20(16)26)21(31-22-32-30-13-34(18)22)33-12-2-4-15-14(3-1-5-17(15)33)8-9-23(10-11-23)24(27,28)29/h1,3,5-7,13H,2,4,10-12H2.